The van der Waals surface area contributed by atoms with Gasteiger partial charge in [0, 0.05) is 0 Å². The summed E-state index contributed by atoms with van der Waals surface area (Å²) in [5.41, 5.74) is 3.66. The Kier molecular flexibility index (Phi) is 7.34. The lowest BCUT2D eigenvalue weighted by Crippen LogP contribution is -2.04. The standard InChI is InChI=1S/C26H25NO4S/c1-4-30-26-16-21(11-14-25(26)31-18-22-8-6-5-7-20(22)3)15-24(17-27)32(28,29)23-12-9-19(2)10-13-23/h5-16H,4,18H2,1-3H3. The van der Waals surface area contributed by atoms with Crippen LogP contribution in [0.1, 0.15) is 29.2 Å². The van der Waals surface area contributed by atoms with Gasteiger partial charge in [-0.15, -0.1) is 0 Å². The molecule has 0 radical (unpaired) electrons. The van der Waals surface area contributed by atoms with Crippen molar-refractivity contribution in [1.82, 2.24) is 0 Å². The Morgan fingerprint density at radius 2 is 1.69 bits per heavy atom. The van der Waals surface area contributed by atoms with Gasteiger partial charge in [-0.1, -0.05) is 48.0 Å². The molecule has 0 aliphatic heterocycles. The Balaban J connectivity index is 1.91. The highest BCUT2D eigenvalue weighted by atomic mass is 32.2. The summed E-state index contributed by atoms with van der Waals surface area (Å²) in [6.07, 6.45) is 1.35. The summed E-state index contributed by atoms with van der Waals surface area (Å²) in [7, 11) is -3.92. The lowest BCUT2D eigenvalue weighted by atomic mass is 10.1. The quantitative estimate of drug-likeness (QED) is 0.419. The SMILES string of the molecule is CCOc1cc(C=C(C#N)S(=O)(=O)c2ccc(C)cc2)ccc1OCc1ccccc1C. The molecule has 5 nitrogen and oxygen atoms in total. The molecular formula is C26H25NO4S. The van der Waals surface area contributed by atoms with Crippen LogP contribution in [-0.4, -0.2) is 15.0 Å². The predicted molar refractivity (Wildman–Crippen MR) is 125 cm³/mol. The van der Waals surface area contributed by atoms with Crippen molar-refractivity contribution < 1.29 is 17.9 Å². The first-order valence-corrected chi connectivity index (χ1v) is 11.7. The zero-order valence-electron chi connectivity index (χ0n) is 18.3. The predicted octanol–water partition coefficient (Wildman–Crippen LogP) is 5.62. The highest BCUT2D eigenvalue weighted by molar-refractivity contribution is 7.95. The van der Waals surface area contributed by atoms with Crippen LogP contribution in [0.5, 0.6) is 11.5 Å². The van der Waals surface area contributed by atoms with Gasteiger partial charge in [0.2, 0.25) is 9.84 Å². The second kappa shape index (κ2) is 10.2. The van der Waals surface area contributed by atoms with Gasteiger partial charge < -0.3 is 9.47 Å². The second-order valence-electron chi connectivity index (χ2n) is 7.29. The van der Waals surface area contributed by atoms with Gasteiger partial charge in [-0.25, -0.2) is 8.42 Å². The van der Waals surface area contributed by atoms with Crippen LogP contribution in [0.15, 0.2) is 76.5 Å². The maximum Gasteiger partial charge on any atom is 0.216 e. The summed E-state index contributed by atoms with van der Waals surface area (Å²) in [6.45, 7) is 6.55. The van der Waals surface area contributed by atoms with Gasteiger partial charge in [0.15, 0.2) is 11.5 Å². The number of hydrogen-bond donors (Lipinski definition) is 0. The van der Waals surface area contributed by atoms with Crippen LogP contribution in [0, 0.1) is 25.2 Å². The minimum atomic E-state index is -3.92. The van der Waals surface area contributed by atoms with Crippen molar-refractivity contribution in [3.8, 4) is 17.6 Å². The molecule has 0 saturated heterocycles. The fourth-order valence-corrected chi connectivity index (χ4v) is 4.25. The Hall–Kier alpha value is -3.56. The van der Waals surface area contributed by atoms with E-state index in [2.05, 4.69) is 0 Å². The van der Waals surface area contributed by atoms with Crippen molar-refractivity contribution in [3.63, 3.8) is 0 Å². The van der Waals surface area contributed by atoms with Gasteiger partial charge in [-0.3, -0.25) is 0 Å². The number of nitrogens with zero attached hydrogens (tertiary/aromatic N) is 1. The molecule has 0 atom stereocenters. The molecule has 0 spiro atoms. The average Bonchev–Trinajstić information content (AvgIpc) is 2.78. The van der Waals surface area contributed by atoms with Gasteiger partial charge in [0.25, 0.3) is 0 Å². The number of benzene rings is 3. The fourth-order valence-electron chi connectivity index (χ4n) is 3.10. The van der Waals surface area contributed by atoms with Gasteiger partial charge in [0.05, 0.1) is 11.5 Å². The van der Waals surface area contributed by atoms with Gasteiger partial charge in [-0.05, 0) is 67.8 Å². The molecular weight excluding hydrogens is 422 g/mol. The summed E-state index contributed by atoms with van der Waals surface area (Å²) < 4.78 is 37.5. The molecule has 3 rings (SSSR count). The molecule has 3 aromatic carbocycles. The van der Waals surface area contributed by atoms with Crippen LogP contribution >= 0.6 is 0 Å². The van der Waals surface area contributed by atoms with Crippen molar-refractivity contribution in [3.05, 3.63) is 93.9 Å². The van der Waals surface area contributed by atoms with Crippen molar-refractivity contribution in [2.45, 2.75) is 32.3 Å². The minimum absolute atomic E-state index is 0.0825. The molecule has 0 bridgehead atoms. The third kappa shape index (κ3) is 5.37. The molecule has 0 aromatic heterocycles. The van der Waals surface area contributed by atoms with E-state index in [1.807, 2.05) is 51.1 Å². The summed E-state index contributed by atoms with van der Waals surface area (Å²) in [6, 6.07) is 21.3. The topological polar surface area (TPSA) is 76.4 Å². The van der Waals surface area contributed by atoms with Crippen molar-refractivity contribution in [1.29, 1.82) is 5.26 Å². The number of hydrogen-bond acceptors (Lipinski definition) is 5. The van der Waals surface area contributed by atoms with Crippen LogP contribution in [0.25, 0.3) is 6.08 Å². The number of nitriles is 1. The zero-order chi connectivity index (χ0) is 23.1. The van der Waals surface area contributed by atoms with E-state index in [0.717, 1.165) is 16.7 Å². The smallest absolute Gasteiger partial charge is 0.216 e. The number of sulfone groups is 1. The maximum absolute atomic E-state index is 12.9. The number of allylic oxidation sites excluding steroid dienone is 1. The van der Waals surface area contributed by atoms with Gasteiger partial charge >= 0.3 is 0 Å². The molecule has 164 valence electrons. The van der Waals surface area contributed by atoms with E-state index >= 15 is 0 Å². The first-order valence-electron chi connectivity index (χ1n) is 10.2. The van der Waals surface area contributed by atoms with Crippen LogP contribution in [0.4, 0.5) is 0 Å². The molecule has 0 unspecified atom stereocenters. The van der Waals surface area contributed by atoms with Gasteiger partial charge in [-0.2, -0.15) is 5.26 Å². The molecule has 0 amide bonds. The average molecular weight is 448 g/mol. The largest absolute Gasteiger partial charge is 0.490 e. The Labute approximate surface area is 189 Å². The number of rotatable bonds is 8. The molecule has 0 fully saturated rings. The normalized spacial score (nSPS) is 11.6. The van der Waals surface area contributed by atoms with Crippen molar-refractivity contribution in [2.24, 2.45) is 0 Å². The lowest BCUT2D eigenvalue weighted by molar-refractivity contribution is 0.269. The van der Waals surface area contributed by atoms with E-state index in [-0.39, 0.29) is 9.80 Å². The third-order valence-corrected chi connectivity index (χ3v) is 6.62. The molecule has 0 N–H and O–H groups in total. The summed E-state index contributed by atoms with van der Waals surface area (Å²) in [5, 5.41) is 9.55. The summed E-state index contributed by atoms with van der Waals surface area (Å²) >= 11 is 0. The molecule has 0 saturated carbocycles. The van der Waals surface area contributed by atoms with Crippen LogP contribution in [-0.2, 0) is 16.4 Å². The van der Waals surface area contributed by atoms with Crippen molar-refractivity contribution in [2.75, 3.05) is 6.61 Å². The third-order valence-electron chi connectivity index (χ3n) is 4.94. The van der Waals surface area contributed by atoms with Crippen LogP contribution in [0.3, 0.4) is 0 Å². The van der Waals surface area contributed by atoms with E-state index < -0.39 is 9.84 Å². The van der Waals surface area contributed by atoms with E-state index in [1.54, 1.807) is 30.3 Å². The fraction of sp³-hybridized carbons (Fsp3) is 0.192. The molecule has 6 heteroatoms. The monoisotopic (exact) mass is 447 g/mol. The van der Waals surface area contributed by atoms with Crippen LogP contribution < -0.4 is 9.47 Å². The number of aryl methyl sites for hydroxylation is 2. The van der Waals surface area contributed by atoms with Gasteiger partial charge in [0.1, 0.15) is 17.6 Å². The molecule has 3 aromatic rings. The highest BCUT2D eigenvalue weighted by Gasteiger charge is 2.21. The lowest BCUT2D eigenvalue weighted by Gasteiger charge is -2.14. The molecule has 32 heavy (non-hydrogen) atoms. The second-order valence-corrected chi connectivity index (χ2v) is 9.21. The Bertz CT molecular complexity index is 1270. The van der Waals surface area contributed by atoms with E-state index in [0.29, 0.717) is 30.3 Å². The van der Waals surface area contributed by atoms with E-state index in [1.165, 1.54) is 18.2 Å². The van der Waals surface area contributed by atoms with E-state index in [4.69, 9.17) is 9.47 Å². The first-order chi connectivity index (χ1) is 15.3. The highest BCUT2D eigenvalue weighted by Crippen LogP contribution is 2.31. The summed E-state index contributed by atoms with van der Waals surface area (Å²) in [5.74, 6) is 1.03. The Morgan fingerprint density at radius 3 is 2.34 bits per heavy atom. The molecule has 0 aliphatic carbocycles. The summed E-state index contributed by atoms with van der Waals surface area (Å²) in [4.78, 5) is -0.253. The zero-order valence-corrected chi connectivity index (χ0v) is 19.1. The number of ether oxygens (including phenoxy) is 2. The van der Waals surface area contributed by atoms with Crippen molar-refractivity contribution >= 4 is 15.9 Å². The van der Waals surface area contributed by atoms with E-state index in [9.17, 15) is 13.7 Å². The van der Waals surface area contributed by atoms with Crippen LogP contribution in [0.2, 0.25) is 0 Å². The molecule has 0 heterocycles. The minimum Gasteiger partial charge on any atom is -0.490 e. The molecule has 0 aliphatic rings. The maximum atomic E-state index is 12.9. The Morgan fingerprint density at radius 1 is 0.969 bits per heavy atom. The first kappa shape index (κ1) is 23.1.